The molecule has 1 unspecified atom stereocenters. The summed E-state index contributed by atoms with van der Waals surface area (Å²) in [6.45, 7) is 3.53. The number of ether oxygens (including phenoxy) is 1. The second-order valence-electron chi connectivity index (χ2n) is 9.57. The summed E-state index contributed by atoms with van der Waals surface area (Å²) in [6, 6.07) is 12.4. The Bertz CT molecular complexity index is 1270. The number of hydrogen-bond donors (Lipinski definition) is 1. The van der Waals surface area contributed by atoms with Crippen LogP contribution >= 0.6 is 37.3 Å². The number of nitrogens with zero attached hydrogens (tertiary/aromatic N) is 4. The van der Waals surface area contributed by atoms with Gasteiger partial charge in [0.2, 0.25) is 5.91 Å². The number of halogens is 1. The van der Waals surface area contributed by atoms with Crippen LogP contribution in [0.4, 0.5) is 11.4 Å². The number of hydrogen-bond acceptors (Lipinski definition) is 7. The summed E-state index contributed by atoms with van der Waals surface area (Å²) in [5, 5.41) is 5.17. The maximum Gasteiger partial charge on any atom is 0.241 e. The van der Waals surface area contributed by atoms with Crippen LogP contribution in [0.3, 0.4) is 0 Å². The molecule has 1 aromatic heterocycles. The molecular weight excluding hydrogens is 530 g/mol. The predicted octanol–water partition coefficient (Wildman–Crippen LogP) is 4.93. The molecule has 11 heteroatoms. The van der Waals surface area contributed by atoms with E-state index in [1.807, 2.05) is 47.5 Å². The molecule has 8 nitrogen and oxygen atoms in total. The zero-order valence-corrected chi connectivity index (χ0v) is 23.7. The first-order chi connectivity index (χ1) is 17.3. The minimum Gasteiger partial charge on any atom is -0.490 e. The summed E-state index contributed by atoms with van der Waals surface area (Å²) in [6.07, 6.45) is 7.15. The van der Waals surface area contributed by atoms with Crippen LogP contribution in [0.25, 0.3) is 0 Å². The zero-order chi connectivity index (χ0) is 25.3. The number of fused-ring (bicyclic) bond motifs is 3. The first kappa shape index (κ1) is 27.5. The predicted molar refractivity (Wildman–Crippen MR) is 154 cm³/mol. The molecule has 2 aromatic carbocycles. The summed E-state index contributed by atoms with van der Waals surface area (Å²) < 4.78 is 15.5. The van der Waals surface area contributed by atoms with Crippen molar-refractivity contribution < 1.29 is 13.8 Å². The molecule has 1 aliphatic heterocycles. The number of amides is 1. The number of anilines is 2. The van der Waals surface area contributed by atoms with Crippen LogP contribution in [-0.4, -0.2) is 35.9 Å². The summed E-state index contributed by atoms with van der Waals surface area (Å²) in [7, 11) is 3.82. The van der Waals surface area contributed by atoms with Gasteiger partial charge in [-0.25, -0.2) is 5.48 Å². The fourth-order valence-electron chi connectivity index (χ4n) is 5.23. The third-order valence-corrected chi connectivity index (χ3v) is 7.68. The summed E-state index contributed by atoms with van der Waals surface area (Å²) in [5.74, 6) is 0.593. The first-order valence-corrected chi connectivity index (χ1v) is 13.0. The van der Waals surface area contributed by atoms with Crippen molar-refractivity contribution in [3.05, 3.63) is 70.5 Å². The standard InChI is InChI=1S/C26H30ClN5O3S.H2S/c1-18(33)29-35-36-31(3)22-7-9-25-24(12-22)32(15-19-13-28-30(2)14-19)16-26(17-34-25)10-4-5-20-11-21(27)6-8-23(20)26;/h6-9,11-14H,4-5,10,15-17H2,1-3H3,(H,29,33);1H2. The Balaban J connectivity index is 0.00000320. The maximum atomic E-state index is 11.2. The van der Waals surface area contributed by atoms with Gasteiger partial charge in [0, 0.05) is 56.3 Å². The van der Waals surface area contributed by atoms with E-state index in [0.29, 0.717) is 13.2 Å². The van der Waals surface area contributed by atoms with Crippen LogP contribution in [0.15, 0.2) is 48.8 Å². The summed E-state index contributed by atoms with van der Waals surface area (Å²) in [4.78, 5) is 13.6. The average molecular weight is 562 g/mol. The van der Waals surface area contributed by atoms with Gasteiger partial charge in [-0.2, -0.15) is 22.9 Å². The molecular formula is C26H32ClN5O3S2. The molecule has 0 radical (unpaired) electrons. The Kier molecular flexibility index (Phi) is 8.52. The number of aromatic nitrogens is 2. The summed E-state index contributed by atoms with van der Waals surface area (Å²) in [5.41, 5.74) is 7.92. The number of nitrogens with one attached hydrogen (secondary N) is 1. The van der Waals surface area contributed by atoms with Gasteiger partial charge < -0.3 is 9.64 Å². The fraction of sp³-hybridized carbons (Fsp3) is 0.385. The Labute approximate surface area is 234 Å². The molecule has 1 N–H and O–H groups in total. The monoisotopic (exact) mass is 561 g/mol. The van der Waals surface area contributed by atoms with E-state index < -0.39 is 0 Å². The normalized spacial score (nSPS) is 18.2. The molecule has 37 heavy (non-hydrogen) atoms. The minimum absolute atomic E-state index is 0. The number of benzene rings is 2. The molecule has 2 aliphatic rings. The molecule has 1 amide bonds. The Morgan fingerprint density at radius 3 is 2.92 bits per heavy atom. The van der Waals surface area contributed by atoms with Crippen LogP contribution in [0.2, 0.25) is 5.02 Å². The van der Waals surface area contributed by atoms with E-state index in [0.717, 1.165) is 65.7 Å². The quantitative estimate of drug-likeness (QED) is 0.260. The molecule has 1 aliphatic carbocycles. The lowest BCUT2D eigenvalue weighted by atomic mass is 9.70. The van der Waals surface area contributed by atoms with E-state index in [1.165, 1.54) is 18.1 Å². The number of rotatable bonds is 6. The molecule has 0 saturated heterocycles. The SMILES string of the molecule is CC(=O)NOSN(C)c1ccc2c(c1)N(Cc1cnn(C)c1)CC1(CCCc3cc(Cl)ccc31)CO2.S. The number of carbonyl (C=O) groups is 1. The Hall–Kier alpha value is -2.53. The molecule has 2 heterocycles. The lowest BCUT2D eigenvalue weighted by molar-refractivity contribution is -0.124. The average Bonchev–Trinajstić information content (AvgIpc) is 3.19. The van der Waals surface area contributed by atoms with Crippen molar-refractivity contribution >= 4 is 54.6 Å². The van der Waals surface area contributed by atoms with Crippen LogP contribution in [0.5, 0.6) is 5.75 Å². The first-order valence-electron chi connectivity index (χ1n) is 12.0. The van der Waals surface area contributed by atoms with E-state index in [1.54, 1.807) is 0 Å². The van der Waals surface area contributed by atoms with Gasteiger partial charge in [0.1, 0.15) is 18.0 Å². The van der Waals surface area contributed by atoms with E-state index in [2.05, 4.69) is 39.9 Å². The van der Waals surface area contributed by atoms with Crippen molar-refractivity contribution in [2.45, 2.75) is 38.1 Å². The van der Waals surface area contributed by atoms with Gasteiger partial charge in [0.25, 0.3) is 0 Å². The van der Waals surface area contributed by atoms with E-state index in [-0.39, 0.29) is 24.8 Å². The molecule has 198 valence electrons. The van der Waals surface area contributed by atoms with Crippen LogP contribution < -0.4 is 19.4 Å². The molecule has 5 rings (SSSR count). The van der Waals surface area contributed by atoms with Crippen LogP contribution in [-0.2, 0) is 34.5 Å². The van der Waals surface area contributed by atoms with E-state index in [9.17, 15) is 4.79 Å². The third kappa shape index (κ3) is 5.98. The number of hydroxylamine groups is 1. The highest BCUT2D eigenvalue weighted by atomic mass is 35.5. The van der Waals surface area contributed by atoms with Gasteiger partial charge in [-0.1, -0.05) is 17.7 Å². The molecule has 0 bridgehead atoms. The molecule has 3 aromatic rings. The highest BCUT2D eigenvalue weighted by Gasteiger charge is 2.41. The van der Waals surface area contributed by atoms with E-state index in [4.69, 9.17) is 20.6 Å². The van der Waals surface area contributed by atoms with Crippen molar-refractivity contribution in [2.75, 3.05) is 29.4 Å². The zero-order valence-electron chi connectivity index (χ0n) is 21.2. The Morgan fingerprint density at radius 2 is 2.16 bits per heavy atom. The number of aryl methyl sites for hydroxylation is 2. The van der Waals surface area contributed by atoms with Crippen molar-refractivity contribution in [1.82, 2.24) is 15.3 Å². The molecule has 1 spiro atoms. The molecule has 0 fully saturated rings. The second-order valence-corrected chi connectivity index (χ2v) is 10.9. The van der Waals surface area contributed by atoms with Crippen LogP contribution in [0.1, 0.15) is 36.5 Å². The fourth-order valence-corrected chi connectivity index (χ4v) is 5.89. The highest BCUT2D eigenvalue weighted by Crippen LogP contribution is 2.45. The minimum atomic E-state index is -0.256. The van der Waals surface area contributed by atoms with Gasteiger partial charge in [-0.05, 0) is 60.7 Å². The maximum absolute atomic E-state index is 11.2. The second kappa shape index (κ2) is 11.5. The molecule has 1 atom stereocenters. The van der Waals surface area contributed by atoms with Crippen molar-refractivity contribution in [3.63, 3.8) is 0 Å². The van der Waals surface area contributed by atoms with E-state index >= 15 is 0 Å². The lowest BCUT2D eigenvalue weighted by Gasteiger charge is -2.40. The highest BCUT2D eigenvalue weighted by molar-refractivity contribution is 7.96. The Morgan fingerprint density at radius 1 is 1.32 bits per heavy atom. The number of carbonyl (C=O) groups excluding carboxylic acids is 1. The van der Waals surface area contributed by atoms with Gasteiger partial charge in [-0.15, -0.1) is 0 Å². The van der Waals surface area contributed by atoms with Crippen molar-refractivity contribution in [1.29, 1.82) is 0 Å². The van der Waals surface area contributed by atoms with Gasteiger partial charge in [-0.3, -0.25) is 13.8 Å². The van der Waals surface area contributed by atoms with Crippen LogP contribution in [0, 0.1) is 0 Å². The van der Waals surface area contributed by atoms with Gasteiger partial charge in [0.15, 0.2) is 0 Å². The third-order valence-electron chi connectivity index (χ3n) is 6.85. The molecule has 0 saturated carbocycles. The topological polar surface area (TPSA) is 71.9 Å². The summed E-state index contributed by atoms with van der Waals surface area (Å²) >= 11 is 7.41. The lowest BCUT2D eigenvalue weighted by Crippen LogP contribution is -2.45. The smallest absolute Gasteiger partial charge is 0.241 e. The van der Waals surface area contributed by atoms with Gasteiger partial charge >= 0.3 is 0 Å². The van der Waals surface area contributed by atoms with Crippen molar-refractivity contribution in [3.8, 4) is 5.75 Å². The van der Waals surface area contributed by atoms with Gasteiger partial charge in [0.05, 0.1) is 24.2 Å². The largest absolute Gasteiger partial charge is 0.490 e. The van der Waals surface area contributed by atoms with Crippen molar-refractivity contribution in [2.24, 2.45) is 7.05 Å².